The fraction of sp³-hybridized carbons (Fsp3) is 0.240. The summed E-state index contributed by atoms with van der Waals surface area (Å²) < 4.78 is 39.7. The molecule has 32 heavy (non-hydrogen) atoms. The zero-order valence-electron chi connectivity index (χ0n) is 17.4. The molecule has 168 valence electrons. The molecule has 1 aliphatic heterocycles. The Kier molecular flexibility index (Phi) is 7.79. The summed E-state index contributed by atoms with van der Waals surface area (Å²) in [6.07, 6.45) is -3.29. The standard InChI is InChI=1S/C25H24F3NOP.BrH/c26-25(27,28)19-29-18-10-17-23(24(29)30)31(20-11-4-1-5-12-20,21-13-6-2-7-14-21)22-15-8-3-9-16-22;/h1-9,11-16,23H,10,17-19H2;1H/q+1;/p-1. The van der Waals surface area contributed by atoms with Crippen molar-refractivity contribution in [3.05, 3.63) is 91.0 Å². The minimum absolute atomic E-state index is 0. The average molecular weight is 522 g/mol. The molecule has 1 fully saturated rings. The second kappa shape index (κ2) is 10.2. The number of piperidine rings is 1. The summed E-state index contributed by atoms with van der Waals surface area (Å²) in [5, 5.41) is 3.04. The van der Waals surface area contributed by atoms with E-state index >= 15 is 0 Å². The van der Waals surface area contributed by atoms with E-state index in [0.29, 0.717) is 12.8 Å². The third-order valence-corrected chi connectivity index (χ3v) is 10.6. The molecule has 0 bridgehead atoms. The van der Waals surface area contributed by atoms with Crippen molar-refractivity contribution in [2.45, 2.75) is 24.7 Å². The SMILES string of the molecule is O=C1C([P+](c2ccccc2)(c2ccccc2)c2ccccc2)CCCN1CC(F)(F)F.[Br-]. The van der Waals surface area contributed by atoms with Gasteiger partial charge in [0.05, 0.1) is 0 Å². The van der Waals surface area contributed by atoms with Gasteiger partial charge in [-0.1, -0.05) is 54.6 Å². The zero-order chi connectivity index (χ0) is 21.9. The molecule has 1 saturated heterocycles. The number of carbonyl (C=O) groups is 1. The average Bonchev–Trinajstić information content (AvgIpc) is 2.78. The molecule has 0 aromatic heterocycles. The van der Waals surface area contributed by atoms with Crippen LogP contribution in [0.3, 0.4) is 0 Å². The molecule has 3 aromatic carbocycles. The molecule has 7 heteroatoms. The van der Waals surface area contributed by atoms with Crippen LogP contribution in [0.1, 0.15) is 12.8 Å². The van der Waals surface area contributed by atoms with Crippen molar-refractivity contribution < 1.29 is 34.9 Å². The van der Waals surface area contributed by atoms with Gasteiger partial charge in [0.1, 0.15) is 29.7 Å². The Bertz CT molecular complexity index is 919. The van der Waals surface area contributed by atoms with Crippen molar-refractivity contribution in [1.82, 2.24) is 4.90 Å². The molecular weight excluding hydrogens is 498 g/mol. The van der Waals surface area contributed by atoms with Gasteiger partial charge < -0.3 is 21.9 Å². The predicted octanol–water partition coefficient (Wildman–Crippen LogP) is 1.54. The monoisotopic (exact) mass is 521 g/mol. The predicted molar refractivity (Wildman–Crippen MR) is 121 cm³/mol. The van der Waals surface area contributed by atoms with Crippen molar-refractivity contribution in [1.29, 1.82) is 0 Å². The van der Waals surface area contributed by atoms with E-state index in [9.17, 15) is 18.0 Å². The number of carbonyl (C=O) groups excluding carboxylic acids is 1. The summed E-state index contributed by atoms with van der Waals surface area (Å²) in [7, 11) is -2.55. The van der Waals surface area contributed by atoms with Gasteiger partial charge in [0.15, 0.2) is 5.66 Å². The van der Waals surface area contributed by atoms with E-state index in [2.05, 4.69) is 0 Å². The lowest BCUT2D eigenvalue weighted by Gasteiger charge is -2.39. The van der Waals surface area contributed by atoms with Crippen LogP contribution in [0, 0.1) is 0 Å². The highest BCUT2D eigenvalue weighted by Gasteiger charge is 2.57. The van der Waals surface area contributed by atoms with E-state index in [1.165, 1.54) is 0 Å². The van der Waals surface area contributed by atoms with Gasteiger partial charge in [0.25, 0.3) is 5.91 Å². The molecule has 4 rings (SSSR count). The summed E-state index contributed by atoms with van der Waals surface area (Å²) >= 11 is 0. The molecule has 1 unspecified atom stereocenters. The molecule has 0 saturated carbocycles. The van der Waals surface area contributed by atoms with Crippen molar-refractivity contribution in [2.24, 2.45) is 0 Å². The number of nitrogens with zero attached hydrogens (tertiary/aromatic N) is 1. The number of rotatable bonds is 5. The van der Waals surface area contributed by atoms with Crippen LogP contribution in [-0.2, 0) is 4.79 Å². The van der Waals surface area contributed by atoms with Crippen LogP contribution in [0.5, 0.6) is 0 Å². The molecule has 1 atom stereocenters. The highest BCUT2D eigenvalue weighted by Crippen LogP contribution is 2.62. The Morgan fingerprint density at radius 3 is 1.56 bits per heavy atom. The van der Waals surface area contributed by atoms with Gasteiger partial charge in [0.2, 0.25) is 0 Å². The van der Waals surface area contributed by atoms with Gasteiger partial charge in [-0.3, -0.25) is 4.79 Å². The highest BCUT2D eigenvalue weighted by atomic mass is 79.9. The maximum Gasteiger partial charge on any atom is 0.406 e. The van der Waals surface area contributed by atoms with Gasteiger partial charge >= 0.3 is 6.18 Å². The maximum atomic E-state index is 13.6. The molecule has 0 spiro atoms. The number of amides is 1. The Labute approximate surface area is 197 Å². The molecule has 2 nitrogen and oxygen atoms in total. The molecule has 0 aliphatic carbocycles. The highest BCUT2D eigenvalue weighted by molar-refractivity contribution is 7.96. The Morgan fingerprint density at radius 1 is 0.781 bits per heavy atom. The smallest absolute Gasteiger partial charge is 0.406 e. The second-order valence-corrected chi connectivity index (χ2v) is 11.4. The minimum atomic E-state index is -4.41. The zero-order valence-corrected chi connectivity index (χ0v) is 19.9. The van der Waals surface area contributed by atoms with E-state index in [-0.39, 0.29) is 23.5 Å². The minimum Gasteiger partial charge on any atom is -1.00 e. The van der Waals surface area contributed by atoms with Gasteiger partial charge in [-0.25, -0.2) is 0 Å². The third-order valence-electron chi connectivity index (χ3n) is 5.83. The molecule has 1 amide bonds. The van der Waals surface area contributed by atoms with Gasteiger partial charge in [0, 0.05) is 6.54 Å². The summed E-state index contributed by atoms with van der Waals surface area (Å²) in [5.41, 5.74) is -0.532. The Balaban J connectivity index is 0.00000289. The molecule has 1 aliphatic rings. The topological polar surface area (TPSA) is 20.3 Å². The van der Waals surface area contributed by atoms with Crippen LogP contribution in [0.25, 0.3) is 0 Å². The first-order valence-corrected chi connectivity index (χ1v) is 12.2. The fourth-order valence-corrected chi connectivity index (χ4v) is 9.59. The van der Waals surface area contributed by atoms with E-state index in [1.54, 1.807) is 0 Å². The van der Waals surface area contributed by atoms with E-state index in [1.807, 2.05) is 91.0 Å². The van der Waals surface area contributed by atoms with Crippen LogP contribution in [-0.4, -0.2) is 35.7 Å². The summed E-state index contributed by atoms with van der Waals surface area (Å²) in [6.45, 7) is -1.05. The number of benzene rings is 3. The first kappa shape index (κ1) is 24.5. The fourth-order valence-electron chi connectivity index (χ4n) is 4.63. The van der Waals surface area contributed by atoms with Gasteiger partial charge in [-0.2, -0.15) is 13.2 Å². The number of alkyl halides is 3. The lowest BCUT2D eigenvalue weighted by atomic mass is 10.1. The summed E-state index contributed by atoms with van der Waals surface area (Å²) in [4.78, 5) is 14.6. The third kappa shape index (κ3) is 4.77. The lowest BCUT2D eigenvalue weighted by Crippen LogP contribution is -3.00. The van der Waals surface area contributed by atoms with E-state index in [4.69, 9.17) is 0 Å². The molecule has 3 aromatic rings. The van der Waals surface area contributed by atoms with Crippen LogP contribution in [0.15, 0.2) is 91.0 Å². The van der Waals surface area contributed by atoms with Crippen molar-refractivity contribution in [2.75, 3.05) is 13.1 Å². The first-order chi connectivity index (χ1) is 14.9. The molecular formula is C25H24BrF3NOP. The number of likely N-dealkylation sites (tertiary alicyclic amines) is 1. The molecule has 0 radical (unpaired) electrons. The van der Waals surface area contributed by atoms with Crippen molar-refractivity contribution >= 4 is 29.1 Å². The molecule has 0 N–H and O–H groups in total. The first-order valence-electron chi connectivity index (χ1n) is 10.3. The lowest BCUT2D eigenvalue weighted by molar-refractivity contribution is -0.163. The van der Waals surface area contributed by atoms with Crippen molar-refractivity contribution in [3.8, 4) is 0 Å². The molecule has 1 heterocycles. The van der Waals surface area contributed by atoms with Gasteiger partial charge in [-0.05, 0) is 49.2 Å². The largest absolute Gasteiger partial charge is 1.00 e. The van der Waals surface area contributed by atoms with Crippen molar-refractivity contribution in [3.63, 3.8) is 0 Å². The van der Waals surface area contributed by atoms with Crippen LogP contribution < -0.4 is 32.9 Å². The van der Waals surface area contributed by atoms with Crippen LogP contribution in [0.4, 0.5) is 13.2 Å². The number of hydrogen-bond donors (Lipinski definition) is 0. The van der Waals surface area contributed by atoms with Crippen LogP contribution >= 0.6 is 7.26 Å². The van der Waals surface area contributed by atoms with Gasteiger partial charge in [-0.15, -0.1) is 0 Å². The number of halogens is 4. The second-order valence-electron chi connectivity index (χ2n) is 7.76. The quantitative estimate of drug-likeness (QED) is 0.466. The summed E-state index contributed by atoms with van der Waals surface area (Å²) in [6, 6.07) is 29.5. The normalized spacial score (nSPS) is 17.0. The summed E-state index contributed by atoms with van der Waals surface area (Å²) in [5.74, 6) is -0.395. The van der Waals surface area contributed by atoms with E-state index in [0.717, 1.165) is 20.8 Å². The van der Waals surface area contributed by atoms with Crippen LogP contribution in [0.2, 0.25) is 0 Å². The number of hydrogen-bond acceptors (Lipinski definition) is 1. The Morgan fingerprint density at radius 2 is 1.19 bits per heavy atom. The maximum absolute atomic E-state index is 13.6. The Hall–Kier alpha value is -2.17. The van der Waals surface area contributed by atoms with E-state index < -0.39 is 31.5 Å².